The van der Waals surface area contributed by atoms with Crippen molar-refractivity contribution in [2.75, 3.05) is 38.1 Å². The first-order valence-corrected chi connectivity index (χ1v) is 6.41. The fraction of sp³-hybridized carbons (Fsp3) is 0.400. The number of carbonyl (C=O) groups excluding carboxylic acids is 1. The summed E-state index contributed by atoms with van der Waals surface area (Å²) in [5.41, 5.74) is 1.18. The molecule has 4 heteroatoms. The number of nitrogens with one attached hydrogen (secondary N) is 2. The number of nitrogens with zero attached hydrogens (tertiary/aromatic N) is 1. The second kappa shape index (κ2) is 9.01. The summed E-state index contributed by atoms with van der Waals surface area (Å²) in [7, 11) is 2.05. The van der Waals surface area contributed by atoms with Gasteiger partial charge in [-0.25, -0.2) is 0 Å². The normalized spacial score (nSPS) is 9.68. The highest BCUT2D eigenvalue weighted by molar-refractivity contribution is 5.77. The van der Waals surface area contributed by atoms with Crippen LogP contribution in [0.15, 0.2) is 30.3 Å². The van der Waals surface area contributed by atoms with Gasteiger partial charge < -0.3 is 10.2 Å². The molecule has 0 saturated carbocycles. The molecule has 0 unspecified atom stereocenters. The van der Waals surface area contributed by atoms with E-state index in [1.165, 1.54) is 5.69 Å². The fourth-order valence-electron chi connectivity index (χ4n) is 1.67. The molecule has 0 aromatic heterocycles. The topological polar surface area (TPSA) is 44.4 Å². The molecule has 1 aromatic rings. The third kappa shape index (κ3) is 6.49. The molecule has 19 heavy (non-hydrogen) atoms. The largest absolute Gasteiger partial charge is 0.375 e. The first-order chi connectivity index (χ1) is 9.24. The van der Waals surface area contributed by atoms with Crippen LogP contribution in [-0.2, 0) is 4.79 Å². The van der Waals surface area contributed by atoms with E-state index in [2.05, 4.69) is 33.6 Å². The standard InChI is InChI=1S/C15H21N3O/c1-3-10-16-13-15(19)17-11-7-12-18(2)14-8-5-4-6-9-14/h1,4-6,8-9,16H,7,10-13H2,2H3,(H,17,19). The van der Waals surface area contributed by atoms with Crippen LogP contribution in [0.4, 0.5) is 5.69 Å². The average Bonchev–Trinajstić information content (AvgIpc) is 2.44. The Hall–Kier alpha value is -1.99. The molecule has 0 aliphatic rings. The van der Waals surface area contributed by atoms with E-state index in [1.54, 1.807) is 0 Å². The zero-order valence-electron chi connectivity index (χ0n) is 11.4. The van der Waals surface area contributed by atoms with Gasteiger partial charge >= 0.3 is 0 Å². The van der Waals surface area contributed by atoms with Gasteiger partial charge in [-0.3, -0.25) is 10.1 Å². The minimum Gasteiger partial charge on any atom is -0.375 e. The quantitative estimate of drug-likeness (QED) is 0.537. The summed E-state index contributed by atoms with van der Waals surface area (Å²) in [6.45, 7) is 2.28. The van der Waals surface area contributed by atoms with Gasteiger partial charge in [0.2, 0.25) is 5.91 Å². The van der Waals surface area contributed by atoms with Crippen molar-refractivity contribution in [1.82, 2.24) is 10.6 Å². The molecule has 0 atom stereocenters. The number of benzene rings is 1. The molecule has 0 aliphatic carbocycles. The SMILES string of the molecule is C#CCNCC(=O)NCCCN(C)c1ccccc1. The Morgan fingerprint density at radius 3 is 2.79 bits per heavy atom. The second-order valence-corrected chi connectivity index (χ2v) is 4.27. The molecule has 4 nitrogen and oxygen atoms in total. The van der Waals surface area contributed by atoms with Gasteiger partial charge in [0, 0.05) is 25.8 Å². The lowest BCUT2D eigenvalue weighted by Gasteiger charge is -2.19. The number of anilines is 1. The van der Waals surface area contributed by atoms with Gasteiger partial charge in [-0.1, -0.05) is 24.1 Å². The first kappa shape index (κ1) is 15.1. The lowest BCUT2D eigenvalue weighted by atomic mass is 10.3. The lowest BCUT2D eigenvalue weighted by molar-refractivity contribution is -0.120. The molecule has 0 bridgehead atoms. The van der Waals surface area contributed by atoms with Crippen LogP contribution < -0.4 is 15.5 Å². The van der Waals surface area contributed by atoms with E-state index in [0.717, 1.165) is 13.0 Å². The first-order valence-electron chi connectivity index (χ1n) is 6.41. The van der Waals surface area contributed by atoms with Crippen LogP contribution in [0.1, 0.15) is 6.42 Å². The van der Waals surface area contributed by atoms with Crippen molar-refractivity contribution in [3.05, 3.63) is 30.3 Å². The van der Waals surface area contributed by atoms with Crippen molar-refractivity contribution < 1.29 is 4.79 Å². The number of amides is 1. The highest BCUT2D eigenvalue weighted by Gasteiger charge is 2.01. The van der Waals surface area contributed by atoms with Crippen LogP contribution in [-0.4, -0.2) is 39.1 Å². The van der Waals surface area contributed by atoms with Crippen molar-refractivity contribution in [2.24, 2.45) is 0 Å². The van der Waals surface area contributed by atoms with Crippen LogP contribution in [0.2, 0.25) is 0 Å². The molecule has 2 N–H and O–H groups in total. The van der Waals surface area contributed by atoms with Gasteiger partial charge in [-0.15, -0.1) is 6.42 Å². The van der Waals surface area contributed by atoms with E-state index in [9.17, 15) is 4.79 Å². The molecule has 0 saturated heterocycles. The van der Waals surface area contributed by atoms with Crippen molar-refractivity contribution in [3.8, 4) is 12.3 Å². The molecule has 0 fully saturated rings. The zero-order chi connectivity index (χ0) is 13.9. The molecule has 1 aromatic carbocycles. The third-order valence-electron chi connectivity index (χ3n) is 2.70. The molecule has 0 aliphatic heterocycles. The number of para-hydroxylation sites is 1. The summed E-state index contributed by atoms with van der Waals surface area (Å²) >= 11 is 0. The Morgan fingerprint density at radius 1 is 1.37 bits per heavy atom. The van der Waals surface area contributed by atoms with Crippen LogP contribution >= 0.6 is 0 Å². The maximum absolute atomic E-state index is 11.4. The van der Waals surface area contributed by atoms with Crippen LogP contribution in [0.3, 0.4) is 0 Å². The Labute approximate surface area is 115 Å². The predicted octanol–water partition coefficient (Wildman–Crippen LogP) is 0.852. The van der Waals surface area contributed by atoms with Gasteiger partial charge in [0.1, 0.15) is 0 Å². The number of hydrogen-bond donors (Lipinski definition) is 2. The van der Waals surface area contributed by atoms with Crippen molar-refractivity contribution in [2.45, 2.75) is 6.42 Å². The Balaban J connectivity index is 2.11. The summed E-state index contributed by atoms with van der Waals surface area (Å²) in [4.78, 5) is 13.5. The molecular weight excluding hydrogens is 238 g/mol. The van der Waals surface area contributed by atoms with E-state index in [1.807, 2.05) is 25.2 Å². The summed E-state index contributed by atoms with van der Waals surface area (Å²) in [6, 6.07) is 10.2. The van der Waals surface area contributed by atoms with Crippen molar-refractivity contribution in [3.63, 3.8) is 0 Å². The lowest BCUT2D eigenvalue weighted by Crippen LogP contribution is -2.35. The maximum Gasteiger partial charge on any atom is 0.233 e. The fourth-order valence-corrected chi connectivity index (χ4v) is 1.67. The van der Waals surface area contributed by atoms with Gasteiger partial charge in [0.05, 0.1) is 13.1 Å². The Morgan fingerprint density at radius 2 is 2.11 bits per heavy atom. The van der Waals surface area contributed by atoms with E-state index in [4.69, 9.17) is 6.42 Å². The van der Waals surface area contributed by atoms with Gasteiger partial charge in [0.15, 0.2) is 0 Å². The number of hydrogen-bond acceptors (Lipinski definition) is 3. The number of rotatable bonds is 8. The van der Waals surface area contributed by atoms with Crippen LogP contribution in [0.25, 0.3) is 0 Å². The van der Waals surface area contributed by atoms with Crippen molar-refractivity contribution >= 4 is 11.6 Å². The monoisotopic (exact) mass is 259 g/mol. The Kier molecular flexibility index (Phi) is 7.14. The molecule has 102 valence electrons. The highest BCUT2D eigenvalue weighted by Crippen LogP contribution is 2.10. The highest BCUT2D eigenvalue weighted by atomic mass is 16.1. The zero-order valence-corrected chi connectivity index (χ0v) is 11.4. The third-order valence-corrected chi connectivity index (χ3v) is 2.70. The molecular formula is C15H21N3O. The van der Waals surface area contributed by atoms with Gasteiger partial charge in [0.25, 0.3) is 0 Å². The molecule has 0 heterocycles. The average molecular weight is 259 g/mol. The second-order valence-electron chi connectivity index (χ2n) is 4.27. The van der Waals surface area contributed by atoms with E-state index < -0.39 is 0 Å². The molecule has 1 amide bonds. The summed E-state index contributed by atoms with van der Waals surface area (Å²) in [6.07, 6.45) is 5.98. The van der Waals surface area contributed by atoms with Crippen molar-refractivity contribution in [1.29, 1.82) is 0 Å². The molecule has 1 rings (SSSR count). The minimum atomic E-state index is -0.0161. The smallest absolute Gasteiger partial charge is 0.233 e. The predicted molar refractivity (Wildman–Crippen MR) is 79.0 cm³/mol. The Bertz CT molecular complexity index is 411. The van der Waals surface area contributed by atoms with Gasteiger partial charge in [-0.05, 0) is 18.6 Å². The molecule has 0 radical (unpaired) electrons. The number of terminal acetylenes is 1. The van der Waals surface area contributed by atoms with E-state index in [-0.39, 0.29) is 12.5 Å². The summed E-state index contributed by atoms with van der Waals surface area (Å²) in [5, 5.41) is 5.70. The number of carbonyl (C=O) groups is 1. The summed E-state index contributed by atoms with van der Waals surface area (Å²) < 4.78 is 0. The van der Waals surface area contributed by atoms with Crippen LogP contribution in [0.5, 0.6) is 0 Å². The van der Waals surface area contributed by atoms with Gasteiger partial charge in [-0.2, -0.15) is 0 Å². The van der Waals surface area contributed by atoms with Crippen LogP contribution in [0, 0.1) is 12.3 Å². The molecule has 0 spiro atoms. The van der Waals surface area contributed by atoms with E-state index in [0.29, 0.717) is 13.1 Å². The maximum atomic E-state index is 11.4. The minimum absolute atomic E-state index is 0.0161. The van der Waals surface area contributed by atoms with E-state index >= 15 is 0 Å². The summed E-state index contributed by atoms with van der Waals surface area (Å²) in [5.74, 6) is 2.41.